The number of methoxy groups -OCH3 is 1. The number of carboxylic acid groups (broad SMARTS) is 1. The number of nitrogens with one attached hydrogen (secondary N) is 4. The molecule has 12 heteroatoms. The summed E-state index contributed by atoms with van der Waals surface area (Å²) < 4.78 is 5.08. The molecule has 1 aromatic carbocycles. The van der Waals surface area contributed by atoms with E-state index in [1.54, 1.807) is 33.2 Å². The average molecular weight is 530 g/mol. The molecule has 0 fully saturated rings. The van der Waals surface area contributed by atoms with E-state index < -0.39 is 34.8 Å². The van der Waals surface area contributed by atoms with E-state index in [0.717, 1.165) is 22.9 Å². The molecule has 0 radical (unpaired) electrons. The normalized spacial score (nSPS) is 11.6. The maximum Gasteiger partial charge on any atom is 0.348 e. The number of benzene rings is 1. The Morgan fingerprint density at radius 3 is 2.30 bits per heavy atom. The van der Waals surface area contributed by atoms with E-state index in [4.69, 9.17) is 9.84 Å². The minimum atomic E-state index is -1.06. The van der Waals surface area contributed by atoms with Crippen molar-refractivity contribution >= 4 is 17.8 Å². The van der Waals surface area contributed by atoms with Crippen LogP contribution in [-0.4, -0.2) is 46.5 Å². The summed E-state index contributed by atoms with van der Waals surface area (Å²) in [6, 6.07) is 11.2. The van der Waals surface area contributed by atoms with Crippen molar-refractivity contribution in [2.75, 3.05) is 13.7 Å². The highest BCUT2D eigenvalue weighted by molar-refractivity contribution is 5.94. The number of aromatic amines is 2. The Morgan fingerprint density at radius 1 is 1.11 bits per heavy atom. The molecular weight excluding hydrogens is 502 g/mol. The molecule has 196 valence electrons. The number of hydrogen-bond donors (Lipinski definition) is 4. The first kappa shape index (κ1) is 29.0. The van der Waals surface area contributed by atoms with Crippen molar-refractivity contribution in [3.63, 3.8) is 0 Å². The summed E-state index contributed by atoms with van der Waals surface area (Å²) in [5.74, 6) is -2.86. The summed E-state index contributed by atoms with van der Waals surface area (Å²) >= 11 is 0. The van der Waals surface area contributed by atoms with E-state index in [2.05, 4.69) is 25.6 Å². The number of aliphatic carboxylic acids is 1. The summed E-state index contributed by atoms with van der Waals surface area (Å²) in [5.41, 5.74) is 0.871. The third kappa shape index (κ3) is 7.14. The second-order valence-electron chi connectivity index (χ2n) is 8.73. The van der Waals surface area contributed by atoms with E-state index in [9.17, 15) is 19.2 Å². The molecule has 37 heavy (non-hydrogen) atoms. The zero-order valence-corrected chi connectivity index (χ0v) is 21.5. The zero-order chi connectivity index (χ0) is 26.5. The summed E-state index contributed by atoms with van der Waals surface area (Å²) in [6.45, 7) is 4.93. The predicted octanol–water partition coefficient (Wildman–Crippen LogP) is -1.62. The van der Waals surface area contributed by atoms with Gasteiger partial charge in [-0.3, -0.25) is 14.4 Å². The number of nitrogens with zero attached hydrogens (tertiary/aromatic N) is 1. The number of hydrogen-bond acceptors (Lipinski definition) is 6. The molecule has 0 bridgehead atoms. The maximum atomic E-state index is 12.8. The molecule has 0 aliphatic rings. The lowest BCUT2D eigenvalue weighted by Gasteiger charge is -2.26. The third-order valence-electron chi connectivity index (χ3n) is 5.62. The smallest absolute Gasteiger partial charge is 0.348 e. The first-order valence-electron chi connectivity index (χ1n) is 11.1. The van der Waals surface area contributed by atoms with Crippen LogP contribution in [0.25, 0.3) is 11.1 Å². The Morgan fingerprint density at radius 2 is 1.76 bits per heavy atom. The molecule has 0 aliphatic carbocycles. The fourth-order valence-corrected chi connectivity index (χ4v) is 3.31. The van der Waals surface area contributed by atoms with E-state index >= 15 is 0 Å². The largest absolute Gasteiger partial charge is 1.00 e. The standard InChI is InChI=1S/C25H27N5O6.ClH/c1-14(24(34)35)11-28-23(33)20-27-13-18(21(31)29-20)22(32)30-25(2,3)17-8-5-15(6-9-17)16-7-10-19(36-4)26-12-16;/h5-10,12-14H,11H2,1-4H3,(H,28,33)(H,30,32)(H,34,35)(H,27,29,31);1H/t14-;/m0./s1. The topological polar surface area (TPSA) is 165 Å². The van der Waals surface area contributed by atoms with Gasteiger partial charge in [0.2, 0.25) is 5.88 Å². The summed E-state index contributed by atoms with van der Waals surface area (Å²) in [4.78, 5) is 57.5. The van der Waals surface area contributed by atoms with Crippen LogP contribution >= 0.6 is 0 Å². The molecule has 0 saturated carbocycles. The van der Waals surface area contributed by atoms with Crippen molar-refractivity contribution in [2.24, 2.45) is 5.92 Å². The highest BCUT2D eigenvalue weighted by Gasteiger charge is 2.27. The number of aromatic nitrogens is 3. The van der Waals surface area contributed by atoms with Gasteiger partial charge in [0, 0.05) is 24.4 Å². The number of ether oxygens (including phenoxy) is 1. The van der Waals surface area contributed by atoms with E-state index in [-0.39, 0.29) is 30.3 Å². The molecule has 11 nitrogen and oxygen atoms in total. The second kappa shape index (κ2) is 12.1. The van der Waals surface area contributed by atoms with Gasteiger partial charge in [-0.15, -0.1) is 0 Å². The van der Waals surface area contributed by atoms with Gasteiger partial charge in [-0.25, -0.2) is 19.7 Å². The van der Waals surface area contributed by atoms with Gasteiger partial charge < -0.3 is 32.9 Å². The lowest BCUT2D eigenvalue weighted by atomic mass is 9.92. The fraction of sp³-hybridized carbons (Fsp3) is 0.280. The number of rotatable bonds is 9. The van der Waals surface area contributed by atoms with Gasteiger partial charge >= 0.3 is 23.3 Å². The molecule has 5 N–H and O–H groups in total. The van der Waals surface area contributed by atoms with Crippen LogP contribution in [0.2, 0.25) is 0 Å². The van der Waals surface area contributed by atoms with Gasteiger partial charge in [0.25, 0.3) is 5.91 Å². The van der Waals surface area contributed by atoms with Gasteiger partial charge in [0.1, 0.15) is 6.20 Å². The molecule has 2 aromatic heterocycles. The van der Waals surface area contributed by atoms with Crippen molar-refractivity contribution < 1.29 is 41.6 Å². The van der Waals surface area contributed by atoms with Crippen LogP contribution in [-0.2, 0) is 10.3 Å². The highest BCUT2D eigenvalue weighted by atomic mass is 35.5. The number of carbonyl (C=O) groups excluding carboxylic acids is 2. The molecule has 2 heterocycles. The van der Waals surface area contributed by atoms with Gasteiger partial charge in [0.15, 0.2) is 5.56 Å². The van der Waals surface area contributed by atoms with Gasteiger partial charge in [-0.05, 0) is 31.0 Å². The minimum Gasteiger partial charge on any atom is -1.00 e. The van der Waals surface area contributed by atoms with Crippen LogP contribution in [0.5, 0.6) is 5.88 Å². The summed E-state index contributed by atoms with van der Waals surface area (Å²) in [7, 11) is 1.55. The van der Waals surface area contributed by atoms with Crippen LogP contribution in [0.15, 0.2) is 53.6 Å². The molecule has 3 rings (SSSR count). The number of amides is 2. The first-order chi connectivity index (χ1) is 17.0. The van der Waals surface area contributed by atoms with Crippen molar-refractivity contribution in [1.29, 1.82) is 0 Å². The van der Waals surface area contributed by atoms with Crippen molar-refractivity contribution in [2.45, 2.75) is 26.3 Å². The fourth-order valence-electron chi connectivity index (χ4n) is 3.31. The summed E-state index contributed by atoms with van der Waals surface area (Å²) in [6.07, 6.45) is 2.85. The minimum absolute atomic E-state index is 0. The Hall–Kier alpha value is -4.25. The average Bonchev–Trinajstić information content (AvgIpc) is 2.86. The van der Waals surface area contributed by atoms with Crippen molar-refractivity contribution in [3.8, 4) is 17.0 Å². The molecule has 2 amide bonds. The van der Waals surface area contributed by atoms with Crippen molar-refractivity contribution in [3.05, 3.63) is 76.1 Å². The van der Waals surface area contributed by atoms with Crippen LogP contribution in [0.4, 0.5) is 0 Å². The maximum absolute atomic E-state index is 12.8. The summed E-state index contributed by atoms with van der Waals surface area (Å²) in [5, 5.41) is 14.1. The monoisotopic (exact) mass is 529 g/mol. The number of carboxylic acids is 1. The Labute approximate surface area is 219 Å². The number of H-pyrrole nitrogens is 2. The molecule has 3 aromatic rings. The molecule has 0 unspecified atom stereocenters. The third-order valence-corrected chi connectivity index (χ3v) is 5.62. The lowest BCUT2D eigenvalue weighted by Crippen LogP contribution is -3.00. The van der Waals surface area contributed by atoms with Crippen LogP contribution in [0.1, 0.15) is 47.3 Å². The van der Waals surface area contributed by atoms with Crippen molar-refractivity contribution in [1.82, 2.24) is 20.6 Å². The molecule has 0 spiro atoms. The Balaban J connectivity index is 0.00000481. The molecular formula is C25H28ClN5O6. The number of halogens is 1. The van der Waals surface area contributed by atoms with Crippen LogP contribution in [0.3, 0.4) is 0 Å². The van der Waals surface area contributed by atoms with Gasteiger partial charge in [0.05, 0.1) is 18.6 Å². The SMILES string of the molecule is COc1ccc(-c2ccc(C(C)(C)NC(=O)c3c[nH+]c(C(=O)NC[C@H](C)C(=O)O)[nH]c3=O)cc2)cn1.[Cl-]. The number of carbonyl (C=O) groups is 3. The zero-order valence-electron chi connectivity index (χ0n) is 20.7. The lowest BCUT2D eigenvalue weighted by molar-refractivity contribution is -0.387. The number of pyridine rings is 1. The quantitative estimate of drug-likeness (QED) is 0.258. The van der Waals surface area contributed by atoms with Gasteiger partial charge in [-0.1, -0.05) is 31.2 Å². The molecule has 0 saturated heterocycles. The molecule has 1 atom stereocenters. The van der Waals surface area contributed by atoms with E-state index in [0.29, 0.717) is 5.88 Å². The Kier molecular flexibility index (Phi) is 9.50. The van der Waals surface area contributed by atoms with Gasteiger partial charge in [-0.2, -0.15) is 0 Å². The predicted molar refractivity (Wildman–Crippen MR) is 129 cm³/mol. The van der Waals surface area contributed by atoms with Crippen LogP contribution in [0, 0.1) is 5.92 Å². The highest BCUT2D eigenvalue weighted by Crippen LogP contribution is 2.25. The molecule has 0 aliphatic heterocycles. The second-order valence-corrected chi connectivity index (χ2v) is 8.73. The first-order valence-corrected chi connectivity index (χ1v) is 11.1. The van der Waals surface area contributed by atoms with E-state index in [1.807, 2.05) is 30.3 Å². The van der Waals surface area contributed by atoms with Crippen LogP contribution < -0.4 is 38.3 Å². The van der Waals surface area contributed by atoms with E-state index in [1.165, 1.54) is 6.92 Å². The Bertz CT molecular complexity index is 1320.